The van der Waals surface area contributed by atoms with Gasteiger partial charge in [0, 0.05) is 37.1 Å². The second-order valence-corrected chi connectivity index (χ2v) is 9.23. The Morgan fingerprint density at radius 2 is 1.69 bits per heavy atom. The molecule has 2 aromatic heterocycles. The van der Waals surface area contributed by atoms with Crippen LogP contribution in [-0.2, 0) is 4.79 Å². The van der Waals surface area contributed by atoms with Crippen LogP contribution in [0, 0.1) is 0 Å². The summed E-state index contributed by atoms with van der Waals surface area (Å²) in [6.45, 7) is 0. The maximum atomic E-state index is 12.8. The van der Waals surface area contributed by atoms with Gasteiger partial charge < -0.3 is 4.90 Å². The number of hydrogen-bond donors (Lipinski definition) is 0. The average molecular weight is 414 g/mol. The first-order valence-corrected chi connectivity index (χ1v) is 12.0. The molecular formula is C22H31N5OS. The van der Waals surface area contributed by atoms with E-state index in [1.807, 2.05) is 24.1 Å². The molecule has 6 nitrogen and oxygen atoms in total. The van der Waals surface area contributed by atoms with Crippen LogP contribution in [0.3, 0.4) is 0 Å². The molecule has 0 spiro atoms. The summed E-state index contributed by atoms with van der Waals surface area (Å²) in [4.78, 5) is 18.9. The minimum atomic E-state index is 0.200. The summed E-state index contributed by atoms with van der Waals surface area (Å²) in [5.74, 6) is 1.52. The zero-order chi connectivity index (χ0) is 20.1. The van der Waals surface area contributed by atoms with Gasteiger partial charge in [0.2, 0.25) is 5.91 Å². The summed E-state index contributed by atoms with van der Waals surface area (Å²) in [5, 5.41) is 9.88. The molecule has 29 heavy (non-hydrogen) atoms. The Balaban J connectivity index is 1.50. The van der Waals surface area contributed by atoms with Crippen LogP contribution in [0.5, 0.6) is 0 Å². The van der Waals surface area contributed by atoms with E-state index >= 15 is 0 Å². The molecule has 2 saturated carbocycles. The predicted molar refractivity (Wildman–Crippen MR) is 116 cm³/mol. The SMILES string of the molecule is CN(C(=O)CSc1nnc(-c2ccncc2)n1C1CCCCC1)C1CCCCC1. The highest BCUT2D eigenvalue weighted by Gasteiger charge is 2.26. The minimum Gasteiger partial charge on any atom is -0.342 e. The third-order valence-corrected chi connectivity index (χ3v) is 7.31. The van der Waals surface area contributed by atoms with Crippen molar-refractivity contribution in [1.29, 1.82) is 0 Å². The Morgan fingerprint density at radius 1 is 1.03 bits per heavy atom. The minimum absolute atomic E-state index is 0.200. The van der Waals surface area contributed by atoms with E-state index in [-0.39, 0.29) is 5.91 Å². The van der Waals surface area contributed by atoms with Gasteiger partial charge in [0.15, 0.2) is 11.0 Å². The predicted octanol–water partition coefficient (Wildman–Crippen LogP) is 4.73. The first kappa shape index (κ1) is 20.4. The van der Waals surface area contributed by atoms with Gasteiger partial charge in [-0.3, -0.25) is 14.3 Å². The standard InChI is InChI=1S/C22H31N5OS/c1-26(18-8-4-2-5-9-18)20(28)16-29-22-25-24-21(17-12-14-23-15-13-17)27(22)19-10-6-3-7-11-19/h12-15,18-19H,2-11,16H2,1H3. The number of thioether (sulfide) groups is 1. The van der Waals surface area contributed by atoms with Gasteiger partial charge in [-0.15, -0.1) is 10.2 Å². The van der Waals surface area contributed by atoms with Crippen LogP contribution in [0.1, 0.15) is 70.3 Å². The van der Waals surface area contributed by atoms with Crippen molar-refractivity contribution in [3.8, 4) is 11.4 Å². The molecule has 0 atom stereocenters. The van der Waals surface area contributed by atoms with Crippen LogP contribution in [0.4, 0.5) is 0 Å². The van der Waals surface area contributed by atoms with E-state index in [1.165, 1.54) is 50.3 Å². The third-order valence-electron chi connectivity index (χ3n) is 6.38. The van der Waals surface area contributed by atoms with Crippen LogP contribution in [0.2, 0.25) is 0 Å². The fourth-order valence-corrected chi connectivity index (χ4v) is 5.57. The van der Waals surface area contributed by atoms with Crippen LogP contribution in [0.15, 0.2) is 29.7 Å². The molecule has 0 saturated heterocycles. The second kappa shape index (κ2) is 9.74. The first-order chi connectivity index (χ1) is 14.2. The number of amides is 1. The molecule has 156 valence electrons. The number of pyridine rings is 1. The quantitative estimate of drug-likeness (QED) is 0.641. The largest absolute Gasteiger partial charge is 0.342 e. The van der Waals surface area contributed by atoms with Gasteiger partial charge in [0.25, 0.3) is 0 Å². The topological polar surface area (TPSA) is 63.9 Å². The number of hydrogen-bond acceptors (Lipinski definition) is 5. The fraction of sp³-hybridized carbons (Fsp3) is 0.636. The molecule has 0 N–H and O–H groups in total. The number of aromatic nitrogens is 4. The monoisotopic (exact) mass is 413 g/mol. The molecule has 2 heterocycles. The van der Waals surface area contributed by atoms with Crippen molar-refractivity contribution in [2.45, 2.75) is 81.4 Å². The van der Waals surface area contributed by atoms with E-state index in [9.17, 15) is 4.79 Å². The summed E-state index contributed by atoms with van der Waals surface area (Å²) < 4.78 is 2.28. The van der Waals surface area contributed by atoms with E-state index in [0.29, 0.717) is 17.8 Å². The molecule has 0 aliphatic heterocycles. The van der Waals surface area contributed by atoms with Gasteiger partial charge in [0.05, 0.1) is 5.75 Å². The van der Waals surface area contributed by atoms with Crippen molar-refractivity contribution >= 4 is 17.7 Å². The van der Waals surface area contributed by atoms with Crippen molar-refractivity contribution in [3.05, 3.63) is 24.5 Å². The Labute approximate surface area is 177 Å². The smallest absolute Gasteiger partial charge is 0.233 e. The maximum absolute atomic E-state index is 12.8. The van der Waals surface area contributed by atoms with Crippen LogP contribution in [0.25, 0.3) is 11.4 Å². The van der Waals surface area contributed by atoms with E-state index in [0.717, 1.165) is 42.2 Å². The molecule has 7 heteroatoms. The van der Waals surface area contributed by atoms with Crippen LogP contribution in [-0.4, -0.2) is 49.4 Å². The zero-order valence-corrected chi connectivity index (χ0v) is 18.1. The number of carbonyl (C=O) groups is 1. The highest BCUT2D eigenvalue weighted by Crippen LogP contribution is 2.35. The summed E-state index contributed by atoms with van der Waals surface area (Å²) in [6, 6.07) is 4.79. The van der Waals surface area contributed by atoms with E-state index in [1.54, 1.807) is 12.4 Å². The molecule has 1 amide bonds. The van der Waals surface area contributed by atoms with Gasteiger partial charge in [-0.25, -0.2) is 0 Å². The van der Waals surface area contributed by atoms with Crippen LogP contribution < -0.4 is 0 Å². The molecule has 2 aromatic rings. The van der Waals surface area contributed by atoms with Crippen molar-refractivity contribution < 1.29 is 4.79 Å². The number of rotatable bonds is 6. The van der Waals surface area contributed by atoms with Crippen molar-refractivity contribution in [3.63, 3.8) is 0 Å². The van der Waals surface area contributed by atoms with E-state index < -0.39 is 0 Å². The summed E-state index contributed by atoms with van der Waals surface area (Å²) >= 11 is 1.54. The van der Waals surface area contributed by atoms with Gasteiger partial charge in [-0.2, -0.15) is 0 Å². The lowest BCUT2D eigenvalue weighted by molar-refractivity contribution is -0.129. The second-order valence-electron chi connectivity index (χ2n) is 8.29. The molecule has 2 fully saturated rings. The molecular weight excluding hydrogens is 382 g/mol. The Bertz CT molecular complexity index is 797. The average Bonchev–Trinajstić information content (AvgIpc) is 3.22. The maximum Gasteiger partial charge on any atom is 0.233 e. The van der Waals surface area contributed by atoms with E-state index in [2.05, 4.69) is 19.7 Å². The van der Waals surface area contributed by atoms with E-state index in [4.69, 9.17) is 0 Å². The zero-order valence-electron chi connectivity index (χ0n) is 17.3. The molecule has 0 radical (unpaired) electrons. The Morgan fingerprint density at radius 3 is 2.38 bits per heavy atom. The normalized spacial score (nSPS) is 18.7. The number of nitrogens with zero attached hydrogens (tertiary/aromatic N) is 5. The van der Waals surface area contributed by atoms with Gasteiger partial charge in [-0.05, 0) is 37.8 Å². The number of carbonyl (C=O) groups excluding carboxylic acids is 1. The Kier molecular flexibility index (Phi) is 6.85. The lowest BCUT2D eigenvalue weighted by Crippen LogP contribution is -2.39. The summed E-state index contributed by atoms with van der Waals surface area (Å²) in [6.07, 6.45) is 15.7. The van der Waals surface area contributed by atoms with Crippen molar-refractivity contribution in [2.24, 2.45) is 0 Å². The molecule has 0 bridgehead atoms. The summed E-state index contributed by atoms with van der Waals surface area (Å²) in [5.41, 5.74) is 1.04. The lowest BCUT2D eigenvalue weighted by atomic mass is 9.94. The third kappa shape index (κ3) is 4.82. The van der Waals surface area contributed by atoms with Gasteiger partial charge in [0.1, 0.15) is 0 Å². The first-order valence-electron chi connectivity index (χ1n) is 11.0. The fourth-order valence-electron chi connectivity index (χ4n) is 4.64. The molecule has 4 rings (SSSR count). The van der Waals surface area contributed by atoms with Crippen molar-refractivity contribution in [1.82, 2.24) is 24.6 Å². The van der Waals surface area contributed by atoms with Crippen molar-refractivity contribution in [2.75, 3.05) is 12.8 Å². The molecule has 2 aliphatic carbocycles. The molecule has 0 aromatic carbocycles. The molecule has 0 unspecified atom stereocenters. The van der Waals surface area contributed by atoms with Crippen LogP contribution >= 0.6 is 11.8 Å². The highest BCUT2D eigenvalue weighted by molar-refractivity contribution is 7.99. The highest BCUT2D eigenvalue weighted by atomic mass is 32.2. The summed E-state index contributed by atoms with van der Waals surface area (Å²) in [7, 11) is 1.97. The van der Waals surface area contributed by atoms with Gasteiger partial charge >= 0.3 is 0 Å². The lowest BCUT2D eigenvalue weighted by Gasteiger charge is -2.31. The Hall–Kier alpha value is -1.89. The van der Waals surface area contributed by atoms with Gasteiger partial charge in [-0.1, -0.05) is 50.3 Å². The molecule has 2 aliphatic rings.